The maximum absolute atomic E-state index is 15.9. The van der Waals surface area contributed by atoms with Gasteiger partial charge in [-0.15, -0.1) is 0 Å². The smallest absolute Gasteiger partial charge is 0.413 e. The molecule has 6 atom stereocenters. The number of rotatable bonds is 6. The molecule has 0 radical (unpaired) electrons. The standard InChI is InChI=1S/C24H40FN3O6/c1-13(2)11-24(8)15(12-29)19(30)17(25)18(20(33-24)14(3)4)28-10-9-16(26-21(28)31)27-22(32)34-23(5,6)7/h9-10,13-15,17-20,29-30H,11-12H2,1-8H3,(H,26,27,31,32). The molecule has 0 saturated carbocycles. The van der Waals surface area contributed by atoms with Crippen LogP contribution >= 0.6 is 0 Å². The molecule has 1 saturated heterocycles. The average molecular weight is 486 g/mol. The molecule has 3 N–H and O–H groups in total. The number of hydrogen-bond donors (Lipinski definition) is 3. The van der Waals surface area contributed by atoms with Gasteiger partial charge in [0.15, 0.2) is 0 Å². The minimum atomic E-state index is -1.90. The quantitative estimate of drug-likeness (QED) is 0.565. The van der Waals surface area contributed by atoms with Crippen LogP contribution in [0.2, 0.25) is 0 Å². The van der Waals surface area contributed by atoms with Gasteiger partial charge >= 0.3 is 11.8 Å². The fraction of sp³-hybridized carbons (Fsp3) is 0.792. The highest BCUT2D eigenvalue weighted by atomic mass is 19.1. The Morgan fingerprint density at radius 3 is 2.44 bits per heavy atom. The zero-order valence-electron chi connectivity index (χ0n) is 21.4. The van der Waals surface area contributed by atoms with Crippen LogP contribution in [0.25, 0.3) is 0 Å². The van der Waals surface area contributed by atoms with Crippen LogP contribution < -0.4 is 11.0 Å². The maximum Gasteiger partial charge on any atom is 0.413 e. The number of aromatic nitrogens is 2. The largest absolute Gasteiger partial charge is 0.444 e. The monoisotopic (exact) mass is 485 g/mol. The van der Waals surface area contributed by atoms with Gasteiger partial charge in [-0.3, -0.25) is 9.88 Å². The van der Waals surface area contributed by atoms with Crippen molar-refractivity contribution in [1.29, 1.82) is 0 Å². The van der Waals surface area contributed by atoms with Crippen molar-refractivity contribution in [2.45, 2.75) is 97.4 Å². The second-order valence-corrected chi connectivity index (χ2v) is 11.1. The summed E-state index contributed by atoms with van der Waals surface area (Å²) in [4.78, 5) is 28.8. The third kappa shape index (κ3) is 6.55. The summed E-state index contributed by atoms with van der Waals surface area (Å²) >= 11 is 0. The first-order valence-electron chi connectivity index (χ1n) is 11.8. The van der Waals surface area contributed by atoms with Crippen LogP contribution in [-0.2, 0) is 9.47 Å². The van der Waals surface area contributed by atoms with Crippen molar-refractivity contribution in [3.8, 4) is 0 Å². The molecule has 0 spiro atoms. The van der Waals surface area contributed by atoms with E-state index < -0.39 is 59.9 Å². The number of halogens is 1. The van der Waals surface area contributed by atoms with Crippen molar-refractivity contribution in [3.05, 3.63) is 22.7 Å². The van der Waals surface area contributed by atoms with Gasteiger partial charge < -0.3 is 19.7 Å². The summed E-state index contributed by atoms with van der Waals surface area (Å²) in [5, 5.41) is 23.4. The average Bonchev–Trinajstić information content (AvgIpc) is 2.73. The van der Waals surface area contributed by atoms with Crippen LogP contribution in [0.3, 0.4) is 0 Å². The Balaban J connectivity index is 2.47. The molecule has 1 aliphatic rings. The fourth-order valence-electron chi connectivity index (χ4n) is 4.71. The van der Waals surface area contributed by atoms with E-state index in [0.29, 0.717) is 6.42 Å². The van der Waals surface area contributed by atoms with Gasteiger partial charge in [0.1, 0.15) is 17.6 Å². The van der Waals surface area contributed by atoms with E-state index in [2.05, 4.69) is 10.3 Å². The van der Waals surface area contributed by atoms with Crippen molar-refractivity contribution in [2.75, 3.05) is 11.9 Å². The summed E-state index contributed by atoms with van der Waals surface area (Å²) in [6.45, 7) is 14.1. The Bertz CT molecular complexity index is 899. The van der Waals surface area contributed by atoms with Crippen LogP contribution in [0, 0.1) is 17.8 Å². The zero-order valence-corrected chi connectivity index (χ0v) is 21.4. The number of amides is 1. The third-order valence-electron chi connectivity index (χ3n) is 6.04. The van der Waals surface area contributed by atoms with E-state index >= 15 is 4.39 Å². The Morgan fingerprint density at radius 2 is 1.97 bits per heavy atom. The predicted octanol–water partition coefficient (Wildman–Crippen LogP) is 3.30. The van der Waals surface area contributed by atoms with Crippen LogP contribution in [0.4, 0.5) is 15.0 Å². The van der Waals surface area contributed by atoms with E-state index in [1.807, 2.05) is 27.7 Å². The Kier molecular flexibility index (Phi) is 8.88. The number of nitrogens with zero attached hydrogens (tertiary/aromatic N) is 2. The van der Waals surface area contributed by atoms with Gasteiger partial charge in [-0.1, -0.05) is 27.7 Å². The van der Waals surface area contributed by atoms with Gasteiger partial charge in [0, 0.05) is 12.1 Å². The topological polar surface area (TPSA) is 123 Å². The molecule has 1 fully saturated rings. The number of aliphatic hydroxyl groups excluding tert-OH is 2. The molecule has 1 aliphatic heterocycles. The Morgan fingerprint density at radius 1 is 1.35 bits per heavy atom. The van der Waals surface area contributed by atoms with E-state index in [-0.39, 0.29) is 17.7 Å². The number of alkyl halides is 1. The van der Waals surface area contributed by atoms with Crippen molar-refractivity contribution in [2.24, 2.45) is 17.8 Å². The molecule has 1 aromatic heterocycles. The first kappa shape index (κ1) is 28.2. The molecule has 9 nitrogen and oxygen atoms in total. The van der Waals surface area contributed by atoms with Crippen molar-refractivity contribution in [1.82, 2.24) is 9.55 Å². The Hall–Kier alpha value is -2.04. The zero-order chi connectivity index (χ0) is 26.0. The van der Waals surface area contributed by atoms with E-state index in [9.17, 15) is 19.8 Å². The highest BCUT2D eigenvalue weighted by Gasteiger charge is 2.53. The molecule has 2 heterocycles. The van der Waals surface area contributed by atoms with Gasteiger partial charge in [-0.2, -0.15) is 4.98 Å². The summed E-state index contributed by atoms with van der Waals surface area (Å²) < 4.78 is 28.6. The molecular formula is C24H40FN3O6. The summed E-state index contributed by atoms with van der Waals surface area (Å²) in [5.41, 5.74) is -2.55. The molecule has 1 amide bonds. The van der Waals surface area contributed by atoms with Gasteiger partial charge in [-0.25, -0.2) is 14.0 Å². The lowest BCUT2D eigenvalue weighted by molar-refractivity contribution is -0.159. The second-order valence-electron chi connectivity index (χ2n) is 11.1. The fourth-order valence-corrected chi connectivity index (χ4v) is 4.71. The number of hydrogen-bond acceptors (Lipinski definition) is 7. The van der Waals surface area contributed by atoms with Crippen LogP contribution in [0.1, 0.15) is 67.9 Å². The number of carbonyl (C=O) groups excluding carboxylic acids is 1. The van der Waals surface area contributed by atoms with Crippen LogP contribution in [0.15, 0.2) is 17.1 Å². The van der Waals surface area contributed by atoms with Gasteiger partial charge in [-0.05, 0) is 52.0 Å². The molecule has 2 rings (SSSR count). The molecule has 10 heteroatoms. The van der Waals surface area contributed by atoms with Crippen molar-refractivity contribution < 1.29 is 28.9 Å². The number of anilines is 1. The lowest BCUT2D eigenvalue weighted by Crippen LogP contribution is -2.48. The lowest BCUT2D eigenvalue weighted by Gasteiger charge is -2.41. The number of aliphatic hydroxyl groups is 2. The molecular weight excluding hydrogens is 445 g/mol. The molecule has 0 aromatic carbocycles. The maximum atomic E-state index is 15.9. The second kappa shape index (κ2) is 10.7. The summed E-state index contributed by atoms with van der Waals surface area (Å²) in [7, 11) is 0. The third-order valence-corrected chi connectivity index (χ3v) is 6.04. The van der Waals surface area contributed by atoms with E-state index in [1.54, 1.807) is 27.7 Å². The Labute approximate surface area is 200 Å². The minimum Gasteiger partial charge on any atom is -0.444 e. The highest BCUT2D eigenvalue weighted by molar-refractivity contribution is 5.83. The van der Waals surface area contributed by atoms with E-state index in [1.165, 1.54) is 12.3 Å². The summed E-state index contributed by atoms with van der Waals surface area (Å²) in [6, 6.07) is 0.178. The molecule has 194 valence electrons. The van der Waals surface area contributed by atoms with Gasteiger partial charge in [0.2, 0.25) is 0 Å². The molecule has 34 heavy (non-hydrogen) atoms. The number of ether oxygens (including phenoxy) is 2. The molecule has 6 unspecified atom stereocenters. The predicted molar refractivity (Wildman–Crippen MR) is 126 cm³/mol. The van der Waals surface area contributed by atoms with Crippen molar-refractivity contribution >= 4 is 11.9 Å². The summed E-state index contributed by atoms with van der Waals surface area (Å²) in [6.07, 6.45) is -3.21. The minimum absolute atomic E-state index is 0.0417. The normalized spacial score (nSPS) is 30.3. The molecule has 0 aliphatic carbocycles. The van der Waals surface area contributed by atoms with Crippen molar-refractivity contribution in [3.63, 3.8) is 0 Å². The van der Waals surface area contributed by atoms with Crippen LogP contribution in [0.5, 0.6) is 0 Å². The highest BCUT2D eigenvalue weighted by Crippen LogP contribution is 2.43. The van der Waals surface area contributed by atoms with E-state index in [0.717, 1.165) is 4.57 Å². The van der Waals surface area contributed by atoms with Gasteiger partial charge in [0.25, 0.3) is 0 Å². The molecule has 1 aromatic rings. The lowest BCUT2D eigenvalue weighted by atomic mass is 9.78. The first-order valence-corrected chi connectivity index (χ1v) is 11.8. The molecule has 0 bridgehead atoms. The number of nitrogens with one attached hydrogen (secondary N) is 1. The van der Waals surface area contributed by atoms with Crippen LogP contribution in [-0.4, -0.2) is 62.0 Å². The van der Waals surface area contributed by atoms with E-state index in [4.69, 9.17) is 9.47 Å². The van der Waals surface area contributed by atoms with Gasteiger partial charge in [0.05, 0.1) is 30.5 Å². The SMILES string of the molecule is CC(C)CC1(C)OC(C(C)C)C(n2ccc(NC(=O)OC(C)(C)C)nc2=O)C(F)C(O)C1CO. The first-order chi connectivity index (χ1) is 15.6. The number of carbonyl (C=O) groups is 1. The summed E-state index contributed by atoms with van der Waals surface area (Å²) in [5.74, 6) is -0.977.